The van der Waals surface area contributed by atoms with Crippen LogP contribution in [0.3, 0.4) is 0 Å². The summed E-state index contributed by atoms with van der Waals surface area (Å²) < 4.78 is 22.3. The highest BCUT2D eigenvalue weighted by molar-refractivity contribution is 5.88. The largest absolute Gasteiger partial charge is 0.465 e. The van der Waals surface area contributed by atoms with Gasteiger partial charge in [0.05, 0.1) is 18.2 Å². The summed E-state index contributed by atoms with van der Waals surface area (Å²) in [7, 11) is 1.18. The van der Waals surface area contributed by atoms with Gasteiger partial charge in [-0.05, 0) is 23.8 Å². The maximum absolute atomic E-state index is 13.1. The van der Waals surface area contributed by atoms with Crippen molar-refractivity contribution in [2.75, 3.05) is 7.11 Å². The van der Waals surface area contributed by atoms with Crippen molar-refractivity contribution < 1.29 is 23.4 Å². The smallest absolute Gasteiger partial charge is 0.341 e. The number of aliphatic hydroxyl groups excluding tert-OH is 1. The van der Waals surface area contributed by atoms with Gasteiger partial charge in [0.15, 0.2) is 0 Å². The molecule has 0 fully saturated rings. The Kier molecular flexibility index (Phi) is 3.95. The maximum atomic E-state index is 13.1. The molecule has 0 amide bonds. The van der Waals surface area contributed by atoms with Crippen LogP contribution in [0.5, 0.6) is 0 Å². The lowest BCUT2D eigenvalue weighted by atomic mass is 10.0. The van der Waals surface area contributed by atoms with Crippen LogP contribution in [0.2, 0.25) is 0 Å². The zero-order valence-corrected chi connectivity index (χ0v) is 10.5. The van der Waals surface area contributed by atoms with Crippen molar-refractivity contribution in [2.45, 2.75) is 6.10 Å². The second kappa shape index (κ2) is 5.66. The van der Waals surface area contributed by atoms with E-state index in [1.807, 2.05) is 0 Å². The predicted octanol–water partition coefficient (Wildman–Crippen LogP) is 1.65. The first-order chi connectivity index (χ1) is 9.52. The number of methoxy groups -OCH3 is 1. The van der Waals surface area contributed by atoms with E-state index in [0.29, 0.717) is 0 Å². The molecule has 0 saturated heterocycles. The van der Waals surface area contributed by atoms with Crippen LogP contribution < -0.4 is 5.63 Å². The average molecular weight is 278 g/mol. The van der Waals surface area contributed by atoms with E-state index in [-0.39, 0.29) is 16.7 Å². The molecule has 0 aliphatic rings. The fourth-order valence-electron chi connectivity index (χ4n) is 1.72. The van der Waals surface area contributed by atoms with Crippen LogP contribution >= 0.6 is 0 Å². The molecule has 0 spiro atoms. The third-order valence-electron chi connectivity index (χ3n) is 2.72. The predicted molar refractivity (Wildman–Crippen MR) is 66.8 cm³/mol. The summed E-state index contributed by atoms with van der Waals surface area (Å²) in [5.41, 5.74) is -0.815. The molecule has 6 heteroatoms. The molecule has 0 aliphatic carbocycles. The summed E-state index contributed by atoms with van der Waals surface area (Å²) in [5, 5.41) is 10.1. The molecule has 0 saturated carbocycles. The minimum Gasteiger partial charge on any atom is -0.465 e. The molecule has 2 rings (SSSR count). The van der Waals surface area contributed by atoms with Crippen LogP contribution in [0.25, 0.3) is 0 Å². The molecule has 20 heavy (non-hydrogen) atoms. The molecule has 1 atom stereocenters. The Labute approximate surface area is 113 Å². The zero-order chi connectivity index (χ0) is 14.7. The molecule has 1 N–H and O–H groups in total. The number of aliphatic hydroxyl groups is 1. The Hall–Kier alpha value is -2.47. The van der Waals surface area contributed by atoms with Crippen molar-refractivity contribution in [1.29, 1.82) is 0 Å². The number of ether oxygens (including phenoxy) is 1. The number of hydrogen-bond acceptors (Lipinski definition) is 5. The molecular formula is C14H11FO5. The van der Waals surface area contributed by atoms with Gasteiger partial charge in [-0.1, -0.05) is 12.1 Å². The monoisotopic (exact) mass is 278 g/mol. The summed E-state index contributed by atoms with van der Waals surface area (Å²) in [6.07, 6.45) is -0.456. The van der Waals surface area contributed by atoms with E-state index < -0.39 is 23.5 Å². The minimum atomic E-state index is -1.40. The van der Waals surface area contributed by atoms with Gasteiger partial charge in [0, 0.05) is 0 Å². The highest BCUT2D eigenvalue weighted by atomic mass is 19.1. The molecule has 5 nitrogen and oxygen atoms in total. The molecule has 1 aromatic heterocycles. The Morgan fingerprint density at radius 2 is 2.15 bits per heavy atom. The van der Waals surface area contributed by atoms with Gasteiger partial charge in [0.25, 0.3) is 0 Å². The normalized spacial score (nSPS) is 11.9. The molecule has 2 aromatic rings. The van der Waals surface area contributed by atoms with E-state index in [1.165, 1.54) is 25.3 Å². The van der Waals surface area contributed by atoms with E-state index in [2.05, 4.69) is 9.15 Å². The number of carbonyl (C=O) groups is 1. The number of halogens is 1. The Balaban J connectivity index is 2.46. The standard InChI is InChI=1S/C14H11FO5/c1-19-13(17)9-6-11(14(18)20-7-9)12(16)8-3-2-4-10(15)5-8/h2-7,12,16H,1H3. The Bertz CT molecular complexity index is 692. The summed E-state index contributed by atoms with van der Waals surface area (Å²) in [6, 6.07) is 6.32. The molecule has 1 aromatic carbocycles. The first-order valence-electron chi connectivity index (χ1n) is 5.67. The van der Waals surface area contributed by atoms with Crippen LogP contribution in [0, 0.1) is 5.82 Å². The van der Waals surface area contributed by atoms with Crippen molar-refractivity contribution in [3.05, 3.63) is 69.5 Å². The van der Waals surface area contributed by atoms with Crippen LogP contribution in [-0.4, -0.2) is 18.2 Å². The summed E-state index contributed by atoms with van der Waals surface area (Å²) in [6.45, 7) is 0. The van der Waals surface area contributed by atoms with Gasteiger partial charge in [0.1, 0.15) is 18.2 Å². The van der Waals surface area contributed by atoms with Gasteiger partial charge in [-0.25, -0.2) is 14.0 Å². The fourth-order valence-corrected chi connectivity index (χ4v) is 1.72. The summed E-state index contributed by atoms with van der Waals surface area (Å²) in [5.74, 6) is -1.25. The van der Waals surface area contributed by atoms with Gasteiger partial charge in [-0.3, -0.25) is 0 Å². The molecule has 1 heterocycles. The fraction of sp³-hybridized carbons (Fsp3) is 0.143. The van der Waals surface area contributed by atoms with Crippen LogP contribution in [0.1, 0.15) is 27.6 Å². The molecule has 0 bridgehead atoms. The van der Waals surface area contributed by atoms with E-state index >= 15 is 0 Å². The number of rotatable bonds is 3. The van der Waals surface area contributed by atoms with Crippen molar-refractivity contribution in [2.24, 2.45) is 0 Å². The van der Waals surface area contributed by atoms with E-state index in [4.69, 9.17) is 0 Å². The van der Waals surface area contributed by atoms with Crippen molar-refractivity contribution >= 4 is 5.97 Å². The van der Waals surface area contributed by atoms with Gasteiger partial charge in [-0.15, -0.1) is 0 Å². The maximum Gasteiger partial charge on any atom is 0.341 e. The van der Waals surface area contributed by atoms with E-state index in [1.54, 1.807) is 0 Å². The Morgan fingerprint density at radius 3 is 2.80 bits per heavy atom. The first-order valence-corrected chi connectivity index (χ1v) is 5.67. The molecule has 1 unspecified atom stereocenters. The second-order valence-electron chi connectivity index (χ2n) is 4.03. The Morgan fingerprint density at radius 1 is 1.40 bits per heavy atom. The van der Waals surface area contributed by atoms with Crippen molar-refractivity contribution in [3.8, 4) is 0 Å². The number of hydrogen-bond donors (Lipinski definition) is 1. The topological polar surface area (TPSA) is 76.7 Å². The lowest BCUT2D eigenvalue weighted by Crippen LogP contribution is -2.15. The van der Waals surface area contributed by atoms with Gasteiger partial charge in [-0.2, -0.15) is 0 Å². The molecule has 104 valence electrons. The second-order valence-corrected chi connectivity index (χ2v) is 4.03. The highest BCUT2D eigenvalue weighted by Crippen LogP contribution is 2.20. The van der Waals surface area contributed by atoms with Crippen molar-refractivity contribution in [3.63, 3.8) is 0 Å². The van der Waals surface area contributed by atoms with Crippen LogP contribution in [0.15, 0.2) is 45.8 Å². The highest BCUT2D eigenvalue weighted by Gasteiger charge is 2.19. The summed E-state index contributed by atoms with van der Waals surface area (Å²) in [4.78, 5) is 23.0. The van der Waals surface area contributed by atoms with Crippen molar-refractivity contribution in [1.82, 2.24) is 0 Å². The lowest BCUT2D eigenvalue weighted by molar-refractivity contribution is 0.0597. The molecule has 0 radical (unpaired) electrons. The minimum absolute atomic E-state index is 0.0162. The number of carbonyl (C=O) groups excluding carboxylic acids is 1. The quantitative estimate of drug-likeness (QED) is 0.864. The molecule has 0 aliphatic heterocycles. The number of esters is 1. The van der Waals surface area contributed by atoms with Crippen LogP contribution in [-0.2, 0) is 4.74 Å². The average Bonchev–Trinajstić information content (AvgIpc) is 2.46. The number of benzene rings is 1. The molecular weight excluding hydrogens is 267 g/mol. The van der Waals surface area contributed by atoms with E-state index in [9.17, 15) is 19.1 Å². The van der Waals surface area contributed by atoms with Gasteiger partial charge >= 0.3 is 11.6 Å². The lowest BCUT2D eigenvalue weighted by Gasteiger charge is -2.10. The van der Waals surface area contributed by atoms with Gasteiger partial charge < -0.3 is 14.3 Å². The SMILES string of the molecule is COC(=O)c1coc(=O)c(C(O)c2cccc(F)c2)c1. The van der Waals surface area contributed by atoms with Crippen LogP contribution in [0.4, 0.5) is 4.39 Å². The summed E-state index contributed by atoms with van der Waals surface area (Å²) >= 11 is 0. The third-order valence-corrected chi connectivity index (χ3v) is 2.72. The third kappa shape index (κ3) is 2.75. The van der Waals surface area contributed by atoms with E-state index in [0.717, 1.165) is 18.4 Å². The first kappa shape index (κ1) is 14.0. The zero-order valence-electron chi connectivity index (χ0n) is 10.5. The van der Waals surface area contributed by atoms with Gasteiger partial charge in [0.2, 0.25) is 0 Å².